The Kier molecular flexibility index (Phi) is 2.21. The molecule has 2 aliphatic rings. The third-order valence-corrected chi connectivity index (χ3v) is 3.60. The minimum absolute atomic E-state index is 0.0136. The lowest BCUT2D eigenvalue weighted by Crippen LogP contribution is -2.62. The van der Waals surface area contributed by atoms with Gasteiger partial charge in [0.2, 0.25) is 5.76 Å². The van der Waals surface area contributed by atoms with Crippen LogP contribution in [0.5, 0.6) is 0 Å². The molecule has 1 aromatic rings. The number of likely N-dealkylation sites (tertiary alicyclic amines) is 1. The first-order chi connectivity index (χ1) is 7.75. The normalized spacial score (nSPS) is 28.4. The number of nitrogens with zero attached hydrogens (tertiary/aromatic N) is 2. The third-order valence-electron chi connectivity index (χ3n) is 3.60. The fraction of sp³-hybridized carbons (Fsp3) is 0.636. The summed E-state index contributed by atoms with van der Waals surface area (Å²) in [7, 11) is 0. The smallest absolute Gasteiger partial charge is 0.291 e. The molecular weight excluding hydrogens is 206 g/mol. The van der Waals surface area contributed by atoms with Crippen molar-refractivity contribution in [3.63, 3.8) is 0 Å². The van der Waals surface area contributed by atoms with E-state index < -0.39 is 0 Å². The van der Waals surface area contributed by atoms with E-state index in [-0.39, 0.29) is 5.91 Å². The van der Waals surface area contributed by atoms with Gasteiger partial charge in [-0.05, 0) is 13.3 Å². The number of aryl methyl sites for hydroxylation is 1. The lowest BCUT2D eigenvalue weighted by molar-refractivity contribution is 0.0480. The zero-order valence-electron chi connectivity index (χ0n) is 9.27. The lowest BCUT2D eigenvalue weighted by Gasteiger charge is -2.46. The molecule has 3 rings (SSSR count). The van der Waals surface area contributed by atoms with Crippen LogP contribution in [0.25, 0.3) is 0 Å². The third kappa shape index (κ3) is 1.43. The number of amides is 1. The SMILES string of the molecule is Cc1ncoc1C(=O)N1CCC2NCC2C1. The molecule has 2 atom stereocenters. The van der Waals surface area contributed by atoms with Crippen molar-refractivity contribution < 1.29 is 9.21 Å². The van der Waals surface area contributed by atoms with Crippen molar-refractivity contribution in [2.24, 2.45) is 5.92 Å². The van der Waals surface area contributed by atoms with Gasteiger partial charge < -0.3 is 14.6 Å². The summed E-state index contributed by atoms with van der Waals surface area (Å²) in [5.41, 5.74) is 0.679. The van der Waals surface area contributed by atoms with E-state index in [1.807, 2.05) is 4.90 Å². The molecule has 5 heteroatoms. The van der Waals surface area contributed by atoms with Crippen LogP contribution in [-0.2, 0) is 0 Å². The van der Waals surface area contributed by atoms with Gasteiger partial charge in [-0.25, -0.2) is 4.98 Å². The Hall–Kier alpha value is -1.36. The van der Waals surface area contributed by atoms with E-state index in [0.29, 0.717) is 23.4 Å². The second-order valence-electron chi connectivity index (χ2n) is 4.58. The summed E-state index contributed by atoms with van der Waals surface area (Å²) in [6.45, 7) is 4.49. The molecule has 0 spiro atoms. The molecule has 0 saturated carbocycles. The number of aromatic nitrogens is 1. The number of carbonyl (C=O) groups excluding carboxylic acids is 1. The van der Waals surface area contributed by atoms with Crippen molar-refractivity contribution in [3.05, 3.63) is 17.8 Å². The maximum Gasteiger partial charge on any atom is 0.291 e. The molecule has 1 aromatic heterocycles. The summed E-state index contributed by atoms with van der Waals surface area (Å²) < 4.78 is 5.14. The monoisotopic (exact) mass is 221 g/mol. The van der Waals surface area contributed by atoms with Crippen LogP contribution in [0, 0.1) is 12.8 Å². The Labute approximate surface area is 93.8 Å². The molecule has 2 fully saturated rings. The van der Waals surface area contributed by atoms with Gasteiger partial charge >= 0.3 is 0 Å². The van der Waals surface area contributed by atoms with E-state index in [1.165, 1.54) is 6.39 Å². The second kappa shape index (κ2) is 3.59. The highest BCUT2D eigenvalue weighted by atomic mass is 16.3. The van der Waals surface area contributed by atoms with Gasteiger partial charge in [-0.1, -0.05) is 0 Å². The fourth-order valence-electron chi connectivity index (χ4n) is 2.49. The van der Waals surface area contributed by atoms with Gasteiger partial charge in [-0.3, -0.25) is 4.79 Å². The summed E-state index contributed by atoms with van der Waals surface area (Å²) in [6.07, 6.45) is 2.38. The average molecular weight is 221 g/mol. The molecule has 86 valence electrons. The van der Waals surface area contributed by atoms with Gasteiger partial charge in [0, 0.05) is 31.6 Å². The maximum absolute atomic E-state index is 12.1. The molecule has 0 radical (unpaired) electrons. The molecule has 3 heterocycles. The van der Waals surface area contributed by atoms with E-state index in [1.54, 1.807) is 6.92 Å². The van der Waals surface area contributed by atoms with Crippen molar-refractivity contribution in [3.8, 4) is 0 Å². The summed E-state index contributed by atoms with van der Waals surface area (Å²) in [4.78, 5) is 18.0. The van der Waals surface area contributed by atoms with E-state index in [0.717, 1.165) is 26.1 Å². The average Bonchev–Trinajstić information content (AvgIpc) is 2.65. The highest BCUT2D eigenvalue weighted by Crippen LogP contribution is 2.24. The lowest BCUT2D eigenvalue weighted by atomic mass is 9.85. The van der Waals surface area contributed by atoms with Crippen LogP contribution < -0.4 is 5.32 Å². The fourth-order valence-corrected chi connectivity index (χ4v) is 2.49. The zero-order chi connectivity index (χ0) is 11.1. The molecule has 0 bridgehead atoms. The van der Waals surface area contributed by atoms with Crippen LogP contribution in [0.2, 0.25) is 0 Å². The number of piperidine rings is 1. The number of fused-ring (bicyclic) bond motifs is 1. The van der Waals surface area contributed by atoms with Crippen molar-refractivity contribution in [2.75, 3.05) is 19.6 Å². The number of nitrogens with one attached hydrogen (secondary N) is 1. The molecule has 1 N–H and O–H groups in total. The molecule has 2 unspecified atom stereocenters. The second-order valence-corrected chi connectivity index (χ2v) is 4.58. The Morgan fingerprint density at radius 3 is 3.12 bits per heavy atom. The van der Waals surface area contributed by atoms with Gasteiger partial charge in [0.05, 0.1) is 5.69 Å². The number of hydrogen-bond donors (Lipinski definition) is 1. The van der Waals surface area contributed by atoms with Crippen LogP contribution in [0.4, 0.5) is 0 Å². The summed E-state index contributed by atoms with van der Waals surface area (Å²) in [5.74, 6) is 1.01. The molecule has 2 aliphatic heterocycles. The van der Waals surface area contributed by atoms with Crippen LogP contribution in [0.1, 0.15) is 22.7 Å². The Morgan fingerprint density at radius 2 is 2.56 bits per heavy atom. The largest absolute Gasteiger partial charge is 0.438 e. The molecular formula is C11H15N3O2. The minimum atomic E-state index is -0.0136. The van der Waals surface area contributed by atoms with Crippen molar-refractivity contribution in [1.29, 1.82) is 0 Å². The van der Waals surface area contributed by atoms with Crippen LogP contribution in [-0.4, -0.2) is 41.5 Å². The highest BCUT2D eigenvalue weighted by Gasteiger charge is 2.38. The summed E-state index contributed by atoms with van der Waals surface area (Å²) in [5, 5.41) is 3.38. The van der Waals surface area contributed by atoms with Gasteiger partial charge in [0.25, 0.3) is 5.91 Å². The predicted octanol–water partition coefficient (Wildman–Crippen LogP) is 0.417. The van der Waals surface area contributed by atoms with E-state index in [2.05, 4.69) is 10.3 Å². The number of oxazole rings is 1. The van der Waals surface area contributed by atoms with Crippen molar-refractivity contribution >= 4 is 5.91 Å². The molecule has 1 amide bonds. The molecule has 5 nitrogen and oxygen atoms in total. The quantitative estimate of drug-likeness (QED) is 0.746. The first kappa shape index (κ1) is 9.84. The zero-order valence-corrected chi connectivity index (χ0v) is 9.27. The van der Waals surface area contributed by atoms with Crippen LogP contribution in [0.3, 0.4) is 0 Å². The van der Waals surface area contributed by atoms with Crippen molar-refractivity contribution in [1.82, 2.24) is 15.2 Å². The topological polar surface area (TPSA) is 58.4 Å². The van der Waals surface area contributed by atoms with Crippen LogP contribution in [0.15, 0.2) is 10.8 Å². The predicted molar refractivity (Wildman–Crippen MR) is 57.0 cm³/mol. The Bertz CT molecular complexity index is 415. The Morgan fingerprint density at radius 1 is 1.69 bits per heavy atom. The summed E-state index contributed by atoms with van der Waals surface area (Å²) >= 11 is 0. The summed E-state index contributed by atoms with van der Waals surface area (Å²) in [6, 6.07) is 0.625. The van der Waals surface area contributed by atoms with E-state index >= 15 is 0 Å². The van der Waals surface area contributed by atoms with Gasteiger partial charge in [0.15, 0.2) is 6.39 Å². The maximum atomic E-state index is 12.1. The number of hydrogen-bond acceptors (Lipinski definition) is 4. The van der Waals surface area contributed by atoms with Crippen molar-refractivity contribution in [2.45, 2.75) is 19.4 Å². The molecule has 2 saturated heterocycles. The number of rotatable bonds is 1. The van der Waals surface area contributed by atoms with Gasteiger partial charge in [-0.15, -0.1) is 0 Å². The highest BCUT2D eigenvalue weighted by molar-refractivity contribution is 5.92. The molecule has 16 heavy (non-hydrogen) atoms. The Balaban J connectivity index is 1.73. The van der Waals surface area contributed by atoms with Crippen LogP contribution >= 0.6 is 0 Å². The minimum Gasteiger partial charge on any atom is -0.438 e. The molecule has 0 aliphatic carbocycles. The standard InChI is InChI=1S/C11H15N3O2/c1-7-10(16-6-13-7)11(15)14-3-2-9-8(5-14)4-12-9/h6,8-9,12H,2-5H2,1H3. The first-order valence-electron chi connectivity index (χ1n) is 5.68. The first-order valence-corrected chi connectivity index (χ1v) is 5.68. The number of carbonyl (C=O) groups is 1. The van der Waals surface area contributed by atoms with Gasteiger partial charge in [0.1, 0.15) is 0 Å². The van der Waals surface area contributed by atoms with Gasteiger partial charge in [-0.2, -0.15) is 0 Å². The van der Waals surface area contributed by atoms with E-state index in [4.69, 9.17) is 4.42 Å². The van der Waals surface area contributed by atoms with E-state index in [9.17, 15) is 4.79 Å². The molecule has 0 aromatic carbocycles.